The highest BCUT2D eigenvalue weighted by atomic mass is 35.5. The number of hydrogen-bond donors (Lipinski definition) is 1. The highest BCUT2D eigenvalue weighted by molar-refractivity contribution is 5.94. The van der Waals surface area contributed by atoms with E-state index in [-0.39, 0.29) is 24.9 Å². The van der Waals surface area contributed by atoms with Crippen LogP contribution in [-0.4, -0.2) is 64.3 Å². The predicted molar refractivity (Wildman–Crippen MR) is 155 cm³/mol. The minimum Gasteiger partial charge on any atom is -1.00 e. The van der Waals surface area contributed by atoms with Crippen molar-refractivity contribution in [1.82, 2.24) is 4.90 Å². The summed E-state index contributed by atoms with van der Waals surface area (Å²) in [7, 11) is 4.97. The number of piperazine rings is 1. The SMILES string of the molecule is COc1ccc(N2CCN(Cc3cc(OC)c(O)c4c[n+]5c(cc34)-c3cc4c(cc3CC5)OCO4)CC2)c(OC)c1.[Cl-]. The molecule has 9 nitrogen and oxygen atoms in total. The second-order valence-corrected chi connectivity index (χ2v) is 10.7. The molecule has 0 aliphatic carbocycles. The van der Waals surface area contributed by atoms with E-state index < -0.39 is 0 Å². The Hall–Kier alpha value is -4.08. The average Bonchev–Trinajstić information content (AvgIpc) is 3.48. The van der Waals surface area contributed by atoms with Crippen molar-refractivity contribution in [1.29, 1.82) is 0 Å². The molecule has 0 bridgehead atoms. The number of methoxy groups -OCH3 is 3. The maximum absolute atomic E-state index is 11.1. The highest BCUT2D eigenvalue weighted by Gasteiger charge is 2.30. The Labute approximate surface area is 251 Å². The monoisotopic (exact) mass is 591 g/mol. The van der Waals surface area contributed by atoms with Gasteiger partial charge < -0.3 is 46.1 Å². The molecule has 3 aromatic carbocycles. The third-order valence-corrected chi connectivity index (χ3v) is 8.52. The number of anilines is 1. The number of ether oxygens (including phenoxy) is 5. The molecule has 42 heavy (non-hydrogen) atoms. The summed E-state index contributed by atoms with van der Waals surface area (Å²) < 4.78 is 30.2. The average molecular weight is 592 g/mol. The molecule has 0 spiro atoms. The lowest BCUT2D eigenvalue weighted by atomic mass is 9.94. The number of hydrogen-bond acceptors (Lipinski definition) is 8. The lowest BCUT2D eigenvalue weighted by Crippen LogP contribution is -3.00. The molecule has 0 radical (unpaired) electrons. The number of phenolic OH excluding ortho intramolecular Hbond substituents is 1. The standard InChI is InChI=1S/C32H33N3O6.ClH/c1-37-22-4-5-26(28(14-22)38-2)34-10-8-33(9-11-34)17-21-13-31(39-3)32(36)25-18-35-7-6-20-12-29-30(41-19-40-29)16-24(20)27(35)15-23(21)25;/h4-5,12-16,18H,6-11,17,19H2,1-3H3;1H. The van der Waals surface area contributed by atoms with Crippen molar-refractivity contribution in [3.05, 3.63) is 59.8 Å². The molecular weight excluding hydrogens is 558 g/mol. The lowest BCUT2D eigenvalue weighted by Gasteiger charge is -2.37. The van der Waals surface area contributed by atoms with E-state index in [0.717, 1.165) is 102 Å². The molecule has 0 unspecified atom stereocenters. The summed E-state index contributed by atoms with van der Waals surface area (Å²) in [6.45, 7) is 5.37. The van der Waals surface area contributed by atoms with Crippen LogP contribution in [0.25, 0.3) is 22.0 Å². The zero-order chi connectivity index (χ0) is 28.1. The van der Waals surface area contributed by atoms with E-state index in [9.17, 15) is 5.11 Å². The number of aryl methyl sites for hydroxylation is 2. The topological polar surface area (TPSA) is 76.7 Å². The minimum absolute atomic E-state index is 0. The van der Waals surface area contributed by atoms with Gasteiger partial charge in [-0.3, -0.25) is 4.90 Å². The van der Waals surface area contributed by atoms with Gasteiger partial charge in [-0.1, -0.05) is 0 Å². The minimum atomic E-state index is 0. The van der Waals surface area contributed by atoms with Crippen molar-refractivity contribution in [2.45, 2.75) is 19.5 Å². The van der Waals surface area contributed by atoms with Crippen LogP contribution in [0.3, 0.4) is 0 Å². The second-order valence-electron chi connectivity index (χ2n) is 10.7. The van der Waals surface area contributed by atoms with Crippen LogP contribution in [0.5, 0.6) is 34.5 Å². The van der Waals surface area contributed by atoms with Crippen LogP contribution >= 0.6 is 0 Å². The van der Waals surface area contributed by atoms with Crippen molar-refractivity contribution in [2.75, 3.05) is 59.2 Å². The summed E-state index contributed by atoms with van der Waals surface area (Å²) in [5.74, 6) is 3.86. The predicted octanol–water partition coefficient (Wildman–Crippen LogP) is 1.14. The van der Waals surface area contributed by atoms with E-state index in [2.05, 4.69) is 44.8 Å². The summed E-state index contributed by atoms with van der Waals surface area (Å²) in [6, 6.07) is 14.4. The van der Waals surface area contributed by atoms with Gasteiger partial charge >= 0.3 is 0 Å². The summed E-state index contributed by atoms with van der Waals surface area (Å²) in [4.78, 5) is 4.81. The molecule has 0 saturated carbocycles. The van der Waals surface area contributed by atoms with E-state index in [1.54, 1.807) is 21.3 Å². The first-order chi connectivity index (χ1) is 20.1. The third-order valence-electron chi connectivity index (χ3n) is 8.52. The molecule has 4 heterocycles. The van der Waals surface area contributed by atoms with Crippen LogP contribution in [0, 0.1) is 0 Å². The molecule has 7 rings (SSSR count). The van der Waals surface area contributed by atoms with E-state index >= 15 is 0 Å². The molecule has 3 aliphatic rings. The van der Waals surface area contributed by atoms with E-state index in [0.29, 0.717) is 5.75 Å². The molecule has 1 fully saturated rings. The van der Waals surface area contributed by atoms with Crippen LogP contribution < -0.4 is 45.6 Å². The van der Waals surface area contributed by atoms with Gasteiger partial charge in [0.2, 0.25) is 12.5 Å². The quantitative estimate of drug-likeness (QED) is 0.335. The van der Waals surface area contributed by atoms with Crippen molar-refractivity contribution in [3.8, 4) is 45.8 Å². The van der Waals surface area contributed by atoms with Crippen molar-refractivity contribution in [3.63, 3.8) is 0 Å². The van der Waals surface area contributed by atoms with Gasteiger partial charge in [-0.05, 0) is 41.5 Å². The summed E-state index contributed by atoms with van der Waals surface area (Å²) in [5, 5.41) is 13.0. The maximum Gasteiger partial charge on any atom is 0.231 e. The van der Waals surface area contributed by atoms with Crippen molar-refractivity contribution < 1.29 is 45.8 Å². The van der Waals surface area contributed by atoms with Crippen molar-refractivity contribution >= 4 is 16.5 Å². The number of phenols is 1. The summed E-state index contributed by atoms with van der Waals surface area (Å²) in [5.41, 5.74) is 5.71. The Kier molecular flexibility index (Phi) is 7.55. The van der Waals surface area contributed by atoms with Crippen LogP contribution in [0.1, 0.15) is 11.1 Å². The van der Waals surface area contributed by atoms with Crippen LogP contribution in [0.4, 0.5) is 5.69 Å². The summed E-state index contributed by atoms with van der Waals surface area (Å²) >= 11 is 0. The lowest BCUT2D eigenvalue weighted by molar-refractivity contribution is -0.686. The Morgan fingerprint density at radius 3 is 2.36 bits per heavy atom. The number of pyridine rings is 1. The van der Waals surface area contributed by atoms with Crippen LogP contribution in [-0.2, 0) is 19.5 Å². The number of aromatic nitrogens is 1. The first kappa shape index (κ1) is 28.1. The fourth-order valence-electron chi connectivity index (χ4n) is 6.29. The van der Waals surface area contributed by atoms with E-state index in [1.165, 1.54) is 5.56 Å². The Morgan fingerprint density at radius 2 is 1.62 bits per heavy atom. The third kappa shape index (κ3) is 4.76. The molecule has 3 aliphatic heterocycles. The number of nitrogens with zero attached hydrogens (tertiary/aromatic N) is 3. The number of halogens is 1. The Bertz CT molecular complexity index is 1650. The second kappa shape index (κ2) is 11.3. The van der Waals surface area contributed by atoms with Gasteiger partial charge in [0.05, 0.1) is 38.0 Å². The zero-order valence-electron chi connectivity index (χ0n) is 24.0. The summed E-state index contributed by atoms with van der Waals surface area (Å²) in [6.07, 6.45) is 2.95. The molecule has 4 aromatic rings. The fraction of sp³-hybridized carbons (Fsp3) is 0.344. The number of benzene rings is 3. The Balaban J connectivity index is 0.00000316. The number of fused-ring (bicyclic) bond motifs is 5. The number of rotatable bonds is 6. The van der Waals surface area contributed by atoms with Crippen molar-refractivity contribution in [2.24, 2.45) is 0 Å². The molecule has 0 atom stereocenters. The molecule has 220 valence electrons. The maximum atomic E-state index is 11.1. The molecule has 1 aromatic heterocycles. The van der Waals surface area contributed by atoms with Gasteiger partial charge in [0.15, 0.2) is 35.7 Å². The largest absolute Gasteiger partial charge is 1.00 e. The molecule has 10 heteroatoms. The molecule has 0 amide bonds. The number of aromatic hydroxyl groups is 1. The Morgan fingerprint density at radius 1 is 0.857 bits per heavy atom. The van der Waals surface area contributed by atoms with Gasteiger partial charge in [-0.2, -0.15) is 4.57 Å². The van der Waals surface area contributed by atoms with Gasteiger partial charge in [-0.25, -0.2) is 0 Å². The smallest absolute Gasteiger partial charge is 0.231 e. The van der Waals surface area contributed by atoms with Crippen LogP contribution in [0.15, 0.2) is 48.7 Å². The molecule has 1 saturated heterocycles. The fourth-order valence-corrected chi connectivity index (χ4v) is 6.29. The van der Waals surface area contributed by atoms with Gasteiger partial charge in [0.1, 0.15) is 11.5 Å². The van der Waals surface area contributed by atoms with Gasteiger partial charge in [-0.15, -0.1) is 0 Å². The normalized spacial score (nSPS) is 15.5. The van der Waals surface area contributed by atoms with E-state index in [1.807, 2.05) is 18.2 Å². The highest BCUT2D eigenvalue weighted by Crippen LogP contribution is 2.42. The van der Waals surface area contributed by atoms with E-state index in [4.69, 9.17) is 23.7 Å². The molecule has 1 N–H and O–H groups in total. The zero-order valence-corrected chi connectivity index (χ0v) is 24.7. The van der Waals surface area contributed by atoms with Gasteiger partial charge in [0, 0.05) is 56.7 Å². The first-order valence-electron chi connectivity index (χ1n) is 13.9. The van der Waals surface area contributed by atoms with Gasteiger partial charge in [0.25, 0.3) is 0 Å². The van der Waals surface area contributed by atoms with Crippen LogP contribution in [0.2, 0.25) is 0 Å². The first-order valence-corrected chi connectivity index (χ1v) is 13.9. The molecular formula is C32H34ClN3O6.